The number of anilines is 1. The number of carbonyl (C=O) groups is 1. The second kappa shape index (κ2) is 10.8. The number of nitrogens with zero attached hydrogens (tertiary/aromatic N) is 4. The van der Waals surface area contributed by atoms with Crippen molar-refractivity contribution in [1.29, 1.82) is 5.26 Å². The highest BCUT2D eigenvalue weighted by Crippen LogP contribution is 2.27. The average Bonchev–Trinajstić information content (AvgIpc) is 3.48. The number of aromatic nitrogens is 3. The van der Waals surface area contributed by atoms with Gasteiger partial charge in [0, 0.05) is 28.6 Å². The van der Waals surface area contributed by atoms with E-state index in [1.807, 2.05) is 79.2 Å². The quantitative estimate of drug-likeness (QED) is 0.256. The second-order valence-corrected chi connectivity index (χ2v) is 9.03. The molecule has 4 rings (SSSR count). The SMILES string of the molecule is COc1ccccc1OCCn1cc(/C=C(/C#N)C(=O)Nc2nnc(C(C)C)s2)c2ccccc21. The van der Waals surface area contributed by atoms with Gasteiger partial charge in [0.25, 0.3) is 5.91 Å². The number of nitrogens with one attached hydrogen (secondary N) is 1. The van der Waals surface area contributed by atoms with Gasteiger partial charge in [-0.05, 0) is 24.3 Å². The fourth-order valence-electron chi connectivity index (χ4n) is 3.55. The van der Waals surface area contributed by atoms with E-state index in [0.29, 0.717) is 29.8 Å². The van der Waals surface area contributed by atoms with Crippen molar-refractivity contribution >= 4 is 39.4 Å². The van der Waals surface area contributed by atoms with Gasteiger partial charge in [0.15, 0.2) is 11.5 Å². The molecular weight excluding hydrogens is 462 g/mol. The van der Waals surface area contributed by atoms with Gasteiger partial charge in [-0.25, -0.2) is 0 Å². The Kier molecular flexibility index (Phi) is 7.43. The molecule has 0 bridgehead atoms. The maximum absolute atomic E-state index is 12.8. The van der Waals surface area contributed by atoms with Crippen LogP contribution in [0.1, 0.15) is 30.3 Å². The number of hydrogen-bond donors (Lipinski definition) is 1. The summed E-state index contributed by atoms with van der Waals surface area (Å²) in [6.45, 7) is 5.00. The summed E-state index contributed by atoms with van der Waals surface area (Å²) in [5, 5.41) is 22.6. The molecule has 35 heavy (non-hydrogen) atoms. The lowest BCUT2D eigenvalue weighted by Crippen LogP contribution is -2.13. The van der Waals surface area contributed by atoms with E-state index in [2.05, 4.69) is 15.5 Å². The summed E-state index contributed by atoms with van der Waals surface area (Å²) in [5.74, 6) is 1.04. The Labute approximate surface area is 207 Å². The fraction of sp³-hybridized carbons (Fsp3) is 0.231. The highest BCUT2D eigenvalue weighted by atomic mass is 32.1. The van der Waals surface area contributed by atoms with Crippen LogP contribution in [0.25, 0.3) is 17.0 Å². The van der Waals surface area contributed by atoms with Crippen LogP contribution in [0.4, 0.5) is 5.13 Å². The monoisotopic (exact) mass is 487 g/mol. The van der Waals surface area contributed by atoms with E-state index in [1.54, 1.807) is 13.2 Å². The number of para-hydroxylation sites is 3. The normalized spacial score (nSPS) is 11.5. The second-order valence-electron chi connectivity index (χ2n) is 8.02. The van der Waals surface area contributed by atoms with Crippen LogP contribution in [0.3, 0.4) is 0 Å². The Hall–Kier alpha value is -4.16. The summed E-state index contributed by atoms with van der Waals surface area (Å²) >= 11 is 1.30. The topological polar surface area (TPSA) is 102 Å². The molecule has 0 saturated heterocycles. The largest absolute Gasteiger partial charge is 0.493 e. The van der Waals surface area contributed by atoms with E-state index < -0.39 is 5.91 Å². The highest BCUT2D eigenvalue weighted by molar-refractivity contribution is 7.15. The first kappa shape index (κ1) is 24.0. The van der Waals surface area contributed by atoms with Crippen LogP contribution in [0.15, 0.2) is 60.3 Å². The van der Waals surface area contributed by atoms with Gasteiger partial charge in [-0.15, -0.1) is 10.2 Å². The highest BCUT2D eigenvalue weighted by Gasteiger charge is 2.16. The number of rotatable bonds is 9. The van der Waals surface area contributed by atoms with Gasteiger partial charge < -0.3 is 14.0 Å². The Balaban J connectivity index is 1.54. The third kappa shape index (κ3) is 5.50. The van der Waals surface area contributed by atoms with Crippen molar-refractivity contribution in [2.75, 3.05) is 19.0 Å². The molecule has 8 nitrogen and oxygen atoms in total. The molecule has 0 unspecified atom stereocenters. The average molecular weight is 488 g/mol. The maximum atomic E-state index is 12.8. The summed E-state index contributed by atoms with van der Waals surface area (Å²) in [7, 11) is 1.61. The van der Waals surface area contributed by atoms with Crippen LogP contribution in [-0.4, -0.2) is 34.4 Å². The number of methoxy groups -OCH3 is 1. The van der Waals surface area contributed by atoms with E-state index in [1.165, 1.54) is 11.3 Å². The lowest BCUT2D eigenvalue weighted by molar-refractivity contribution is -0.112. The van der Waals surface area contributed by atoms with Crippen LogP contribution in [0.2, 0.25) is 0 Å². The number of carbonyl (C=O) groups excluding carboxylic acids is 1. The number of nitriles is 1. The van der Waals surface area contributed by atoms with Crippen LogP contribution in [0.5, 0.6) is 11.5 Å². The number of benzene rings is 2. The molecule has 4 aromatic rings. The first-order valence-corrected chi connectivity index (χ1v) is 11.9. The van der Waals surface area contributed by atoms with Gasteiger partial charge in [-0.1, -0.05) is 55.5 Å². The molecule has 0 spiro atoms. The summed E-state index contributed by atoms with van der Waals surface area (Å²) in [6, 6.07) is 17.3. The zero-order valence-corrected chi connectivity index (χ0v) is 20.5. The molecule has 9 heteroatoms. The van der Waals surface area contributed by atoms with Crippen LogP contribution in [0, 0.1) is 11.3 Å². The van der Waals surface area contributed by atoms with Crippen LogP contribution < -0.4 is 14.8 Å². The van der Waals surface area contributed by atoms with Crippen molar-refractivity contribution in [3.05, 3.63) is 70.9 Å². The van der Waals surface area contributed by atoms with Crippen molar-refractivity contribution in [3.63, 3.8) is 0 Å². The predicted octanol–water partition coefficient (Wildman–Crippen LogP) is 5.25. The smallest absolute Gasteiger partial charge is 0.268 e. The van der Waals surface area contributed by atoms with E-state index in [-0.39, 0.29) is 11.5 Å². The van der Waals surface area contributed by atoms with Crippen molar-refractivity contribution in [2.45, 2.75) is 26.3 Å². The maximum Gasteiger partial charge on any atom is 0.268 e. The molecule has 178 valence electrons. The van der Waals surface area contributed by atoms with Gasteiger partial charge in [0.1, 0.15) is 23.3 Å². The summed E-state index contributed by atoms with van der Waals surface area (Å²) in [4.78, 5) is 12.8. The molecule has 0 atom stereocenters. The zero-order chi connectivity index (χ0) is 24.8. The van der Waals surface area contributed by atoms with Gasteiger partial charge in [-0.2, -0.15) is 5.26 Å². The third-order valence-electron chi connectivity index (χ3n) is 5.30. The lowest BCUT2D eigenvalue weighted by Gasteiger charge is -2.11. The molecular formula is C26H25N5O3S. The van der Waals surface area contributed by atoms with E-state index in [4.69, 9.17) is 9.47 Å². The van der Waals surface area contributed by atoms with Crippen LogP contribution >= 0.6 is 11.3 Å². The minimum atomic E-state index is -0.518. The standard InChI is InChI=1S/C26H25N5O3S/c1-17(2)25-29-30-26(35-25)28-24(32)18(15-27)14-19-16-31(21-9-5-4-8-20(19)21)12-13-34-23-11-7-6-10-22(23)33-3/h4-11,14,16-17H,12-13H2,1-3H3,(H,28,30,32)/b18-14-. The Morgan fingerprint density at radius 1 is 1.17 bits per heavy atom. The zero-order valence-electron chi connectivity index (χ0n) is 19.7. The summed E-state index contributed by atoms with van der Waals surface area (Å²) < 4.78 is 13.3. The van der Waals surface area contributed by atoms with E-state index in [0.717, 1.165) is 21.5 Å². The minimum Gasteiger partial charge on any atom is -0.493 e. The molecule has 2 heterocycles. The molecule has 0 aliphatic rings. The molecule has 1 amide bonds. The van der Waals surface area contributed by atoms with Gasteiger partial charge in [-0.3, -0.25) is 10.1 Å². The van der Waals surface area contributed by atoms with Crippen molar-refractivity contribution in [1.82, 2.24) is 14.8 Å². The first-order chi connectivity index (χ1) is 17.0. The molecule has 2 aromatic heterocycles. The fourth-order valence-corrected chi connectivity index (χ4v) is 4.29. The molecule has 0 fully saturated rings. The van der Waals surface area contributed by atoms with Crippen molar-refractivity contribution in [2.24, 2.45) is 0 Å². The van der Waals surface area contributed by atoms with E-state index >= 15 is 0 Å². The van der Waals surface area contributed by atoms with Gasteiger partial charge in [0.05, 0.1) is 13.7 Å². The lowest BCUT2D eigenvalue weighted by atomic mass is 10.1. The van der Waals surface area contributed by atoms with Crippen molar-refractivity contribution in [3.8, 4) is 17.6 Å². The number of fused-ring (bicyclic) bond motifs is 1. The summed E-state index contributed by atoms with van der Waals surface area (Å²) in [6.07, 6.45) is 3.52. The molecule has 1 N–H and O–H groups in total. The third-order valence-corrected chi connectivity index (χ3v) is 6.44. The van der Waals surface area contributed by atoms with Gasteiger partial charge in [0.2, 0.25) is 5.13 Å². The van der Waals surface area contributed by atoms with E-state index in [9.17, 15) is 10.1 Å². The minimum absolute atomic E-state index is 0.0144. The van der Waals surface area contributed by atoms with Crippen molar-refractivity contribution < 1.29 is 14.3 Å². The predicted molar refractivity (Wildman–Crippen MR) is 137 cm³/mol. The molecule has 0 saturated carbocycles. The molecule has 2 aromatic carbocycles. The Bertz CT molecular complexity index is 1410. The Morgan fingerprint density at radius 2 is 1.91 bits per heavy atom. The Morgan fingerprint density at radius 3 is 2.63 bits per heavy atom. The van der Waals surface area contributed by atoms with Gasteiger partial charge >= 0.3 is 0 Å². The first-order valence-electron chi connectivity index (χ1n) is 11.1. The number of ether oxygens (including phenoxy) is 2. The molecule has 0 radical (unpaired) electrons. The number of hydrogen-bond acceptors (Lipinski definition) is 7. The van der Waals surface area contributed by atoms with Crippen LogP contribution in [-0.2, 0) is 11.3 Å². The molecule has 0 aliphatic heterocycles. The molecule has 0 aliphatic carbocycles. The number of amides is 1. The summed E-state index contributed by atoms with van der Waals surface area (Å²) in [5.41, 5.74) is 1.73.